The monoisotopic (exact) mass is 254 g/mol. The first kappa shape index (κ1) is 8.28. The summed E-state index contributed by atoms with van der Waals surface area (Å²) in [4.78, 5) is 0. The second kappa shape index (κ2) is 3.54. The molecule has 0 fully saturated rings. The molecule has 0 atom stereocenters. The van der Waals surface area contributed by atoms with E-state index in [9.17, 15) is 0 Å². The number of rotatable bonds is 1. The van der Waals surface area contributed by atoms with E-state index in [2.05, 4.69) is 41.3 Å². The van der Waals surface area contributed by atoms with Gasteiger partial charge in [-0.25, -0.2) is 0 Å². The van der Waals surface area contributed by atoms with Gasteiger partial charge in [-0.3, -0.25) is 0 Å². The lowest BCUT2D eigenvalue weighted by molar-refractivity contribution is 1.45. The van der Waals surface area contributed by atoms with Crippen LogP contribution in [0.5, 0.6) is 0 Å². The molecule has 0 saturated carbocycles. The van der Waals surface area contributed by atoms with Crippen molar-refractivity contribution in [2.75, 3.05) is 0 Å². The maximum absolute atomic E-state index is 8.58. The molecule has 0 saturated heterocycles. The first-order valence-corrected chi connectivity index (χ1v) is 4.08. The summed E-state index contributed by atoms with van der Waals surface area (Å²) in [5.41, 5.74) is 1.52. The molecule has 0 N–H and O–H groups in total. The van der Waals surface area contributed by atoms with Gasteiger partial charge in [-0.1, -0.05) is 6.58 Å². The SMILES string of the molecule is C=[C]c1cc(I)cc(C#N)c1. The zero-order valence-corrected chi connectivity index (χ0v) is 7.92. The molecule has 0 aliphatic rings. The molecule has 0 aromatic heterocycles. The van der Waals surface area contributed by atoms with Crippen LogP contribution in [0.4, 0.5) is 0 Å². The van der Waals surface area contributed by atoms with E-state index >= 15 is 0 Å². The van der Waals surface area contributed by atoms with Gasteiger partial charge in [0.1, 0.15) is 0 Å². The van der Waals surface area contributed by atoms with Crippen molar-refractivity contribution in [1.82, 2.24) is 0 Å². The highest BCUT2D eigenvalue weighted by Gasteiger charge is 1.94. The van der Waals surface area contributed by atoms with E-state index in [1.807, 2.05) is 12.1 Å². The fourth-order valence-corrected chi connectivity index (χ4v) is 1.43. The Hall–Kier alpha value is -0.820. The molecule has 2 heteroatoms. The Morgan fingerprint density at radius 1 is 1.27 bits per heavy atom. The number of hydrogen-bond donors (Lipinski definition) is 0. The Morgan fingerprint density at radius 3 is 2.45 bits per heavy atom. The summed E-state index contributed by atoms with van der Waals surface area (Å²) in [5, 5.41) is 8.58. The smallest absolute Gasteiger partial charge is 0.0992 e. The molecule has 0 heterocycles. The van der Waals surface area contributed by atoms with E-state index < -0.39 is 0 Å². The van der Waals surface area contributed by atoms with Crippen LogP contribution in [0.25, 0.3) is 0 Å². The highest BCUT2D eigenvalue weighted by atomic mass is 127. The normalized spacial score (nSPS) is 8.73. The average Bonchev–Trinajstić information content (AvgIpc) is 2.03. The maximum atomic E-state index is 8.58. The second-order valence-corrected chi connectivity index (χ2v) is 3.26. The van der Waals surface area contributed by atoms with Crippen molar-refractivity contribution in [3.63, 3.8) is 0 Å². The van der Waals surface area contributed by atoms with Crippen LogP contribution in [0.2, 0.25) is 0 Å². The van der Waals surface area contributed by atoms with E-state index in [-0.39, 0.29) is 0 Å². The van der Waals surface area contributed by atoms with Crippen molar-refractivity contribution in [3.8, 4) is 6.07 Å². The van der Waals surface area contributed by atoms with E-state index in [0.29, 0.717) is 5.56 Å². The predicted molar refractivity (Wildman–Crippen MR) is 51.8 cm³/mol. The topological polar surface area (TPSA) is 23.8 Å². The van der Waals surface area contributed by atoms with Gasteiger partial charge in [0.2, 0.25) is 0 Å². The van der Waals surface area contributed by atoms with Gasteiger partial charge in [-0.15, -0.1) is 0 Å². The number of halogens is 1. The Balaban J connectivity index is 3.25. The molecule has 0 spiro atoms. The molecular weight excluding hydrogens is 249 g/mol. The molecule has 11 heavy (non-hydrogen) atoms. The van der Waals surface area contributed by atoms with E-state index in [1.54, 1.807) is 6.07 Å². The quantitative estimate of drug-likeness (QED) is 0.706. The van der Waals surface area contributed by atoms with Crippen LogP contribution in [-0.2, 0) is 0 Å². The van der Waals surface area contributed by atoms with Crippen LogP contribution in [0.1, 0.15) is 11.1 Å². The predicted octanol–water partition coefficient (Wildman–Crippen LogP) is 2.50. The molecule has 1 nitrogen and oxygen atoms in total. The Labute approximate surface area is 79.5 Å². The summed E-state index contributed by atoms with van der Waals surface area (Å²) in [7, 11) is 0. The van der Waals surface area contributed by atoms with E-state index in [4.69, 9.17) is 5.26 Å². The third-order valence-electron chi connectivity index (χ3n) is 1.23. The van der Waals surface area contributed by atoms with Crippen molar-refractivity contribution in [2.45, 2.75) is 0 Å². The standard InChI is InChI=1S/C9H5IN/c1-2-7-3-8(6-11)5-9(10)4-7/h3-5H,1H2. The van der Waals surface area contributed by atoms with Crippen LogP contribution < -0.4 is 0 Å². The molecule has 1 aromatic carbocycles. The van der Waals surface area contributed by atoms with Crippen molar-refractivity contribution in [1.29, 1.82) is 5.26 Å². The van der Waals surface area contributed by atoms with E-state index in [1.165, 1.54) is 0 Å². The van der Waals surface area contributed by atoms with Crippen molar-refractivity contribution >= 4 is 22.6 Å². The molecule has 1 rings (SSSR count). The van der Waals surface area contributed by atoms with Gasteiger partial charge in [-0.05, 0) is 52.4 Å². The van der Waals surface area contributed by atoms with Gasteiger partial charge >= 0.3 is 0 Å². The van der Waals surface area contributed by atoms with Crippen LogP contribution in [-0.4, -0.2) is 0 Å². The van der Waals surface area contributed by atoms with E-state index in [0.717, 1.165) is 9.13 Å². The third kappa shape index (κ3) is 2.05. The van der Waals surface area contributed by atoms with Gasteiger partial charge in [0.25, 0.3) is 0 Å². The van der Waals surface area contributed by atoms with Crippen molar-refractivity contribution < 1.29 is 0 Å². The summed E-state index contributed by atoms with van der Waals surface area (Å²) in [6.07, 6.45) is 2.74. The maximum Gasteiger partial charge on any atom is 0.0992 e. The molecular formula is C9H5IN. The minimum absolute atomic E-state index is 0.656. The first-order chi connectivity index (χ1) is 5.26. The van der Waals surface area contributed by atoms with Crippen LogP contribution >= 0.6 is 22.6 Å². The lowest BCUT2D eigenvalue weighted by Gasteiger charge is -1.94. The number of hydrogen-bond acceptors (Lipinski definition) is 1. The van der Waals surface area contributed by atoms with Crippen LogP contribution in [0.15, 0.2) is 24.8 Å². The van der Waals surface area contributed by atoms with Gasteiger partial charge in [0, 0.05) is 3.57 Å². The number of benzene rings is 1. The average molecular weight is 254 g/mol. The highest BCUT2D eigenvalue weighted by molar-refractivity contribution is 14.1. The highest BCUT2D eigenvalue weighted by Crippen LogP contribution is 2.11. The third-order valence-corrected chi connectivity index (χ3v) is 1.85. The fourth-order valence-electron chi connectivity index (χ4n) is 0.756. The van der Waals surface area contributed by atoms with Crippen molar-refractivity contribution in [3.05, 3.63) is 45.6 Å². The molecule has 0 aliphatic carbocycles. The van der Waals surface area contributed by atoms with Gasteiger partial charge in [0.05, 0.1) is 11.6 Å². The zero-order chi connectivity index (χ0) is 8.27. The van der Waals surface area contributed by atoms with Crippen LogP contribution in [0.3, 0.4) is 0 Å². The molecule has 1 radical (unpaired) electrons. The summed E-state index contributed by atoms with van der Waals surface area (Å²) in [6.45, 7) is 3.51. The lowest BCUT2D eigenvalue weighted by atomic mass is 10.1. The summed E-state index contributed by atoms with van der Waals surface area (Å²) >= 11 is 2.16. The second-order valence-electron chi connectivity index (χ2n) is 2.02. The Morgan fingerprint density at radius 2 is 1.91 bits per heavy atom. The van der Waals surface area contributed by atoms with Crippen molar-refractivity contribution in [2.24, 2.45) is 0 Å². The van der Waals surface area contributed by atoms with Gasteiger partial charge in [-0.2, -0.15) is 5.26 Å². The summed E-state index contributed by atoms with van der Waals surface area (Å²) in [5.74, 6) is 0. The minimum atomic E-state index is 0.656. The molecule has 0 amide bonds. The summed E-state index contributed by atoms with van der Waals surface area (Å²) < 4.78 is 1.04. The molecule has 0 unspecified atom stereocenters. The largest absolute Gasteiger partial charge is 0.192 e. The first-order valence-electron chi connectivity index (χ1n) is 3.00. The lowest BCUT2D eigenvalue weighted by Crippen LogP contribution is -1.80. The Kier molecular flexibility index (Phi) is 2.66. The number of nitriles is 1. The molecule has 53 valence electrons. The minimum Gasteiger partial charge on any atom is -0.192 e. The Bertz CT molecular complexity index is 323. The molecule has 0 bridgehead atoms. The fraction of sp³-hybridized carbons (Fsp3) is 0. The zero-order valence-electron chi connectivity index (χ0n) is 5.76. The molecule has 0 aliphatic heterocycles. The van der Waals surface area contributed by atoms with Gasteiger partial charge in [0.15, 0.2) is 0 Å². The van der Waals surface area contributed by atoms with Crippen LogP contribution in [0, 0.1) is 21.0 Å². The number of nitrogens with zero attached hydrogens (tertiary/aromatic N) is 1. The summed E-state index contributed by atoms with van der Waals surface area (Å²) in [6, 6.07) is 7.57. The molecule has 1 aromatic rings. The van der Waals surface area contributed by atoms with Gasteiger partial charge < -0.3 is 0 Å².